The fraction of sp³-hybridized carbons (Fsp3) is 0.0769. The van der Waals surface area contributed by atoms with Crippen molar-refractivity contribution in [1.29, 1.82) is 0 Å². The van der Waals surface area contributed by atoms with E-state index in [2.05, 4.69) is 6.58 Å². The molecule has 2 rings (SSSR count). The first-order valence-corrected chi connectivity index (χ1v) is 6.57. The summed E-state index contributed by atoms with van der Waals surface area (Å²) < 4.78 is 27.0. The maximum absolute atomic E-state index is 13.5. The number of hydrogen-bond donors (Lipinski definition) is 0. The number of carbonyl (C=O) groups excluding carboxylic acids is 1. The Balaban J connectivity index is 2.35. The summed E-state index contributed by atoms with van der Waals surface area (Å²) in [5.74, 6) is -2.25. The molecule has 1 aromatic rings. The molecule has 1 amide bonds. The van der Waals surface area contributed by atoms with E-state index in [9.17, 15) is 13.6 Å². The van der Waals surface area contributed by atoms with Gasteiger partial charge in [0.15, 0.2) is 11.6 Å². The van der Waals surface area contributed by atoms with Crippen LogP contribution in [0.3, 0.4) is 0 Å². The average Bonchev–Trinajstić information content (AvgIpc) is 2.63. The van der Waals surface area contributed by atoms with Crippen LogP contribution in [-0.4, -0.2) is 21.7 Å². The minimum Gasteiger partial charge on any atom is -0.289 e. The SMILES string of the molecule is C=CCN1C(=O)/C(=C/c2cccc(F)c2F)SC1=S. The number of carbonyl (C=O) groups is 1. The normalized spacial score (nSPS) is 17.4. The smallest absolute Gasteiger partial charge is 0.266 e. The predicted molar refractivity (Wildman–Crippen MR) is 76.4 cm³/mol. The molecule has 0 unspecified atom stereocenters. The number of thioether (sulfide) groups is 1. The van der Waals surface area contributed by atoms with Crippen molar-refractivity contribution in [3.8, 4) is 0 Å². The Morgan fingerprint density at radius 2 is 2.16 bits per heavy atom. The van der Waals surface area contributed by atoms with E-state index in [4.69, 9.17) is 12.2 Å². The van der Waals surface area contributed by atoms with Crippen molar-refractivity contribution >= 4 is 40.3 Å². The Labute approximate surface area is 118 Å². The lowest BCUT2D eigenvalue weighted by atomic mass is 10.2. The summed E-state index contributed by atoms with van der Waals surface area (Å²) in [6.07, 6.45) is 2.86. The molecular weight excluding hydrogens is 288 g/mol. The average molecular weight is 297 g/mol. The molecule has 2 nitrogen and oxygen atoms in total. The fourth-order valence-corrected chi connectivity index (χ4v) is 2.83. The zero-order valence-electron chi connectivity index (χ0n) is 9.73. The minimum absolute atomic E-state index is 0.0269. The Hall–Kier alpha value is -1.53. The number of amides is 1. The molecule has 0 atom stereocenters. The molecule has 0 radical (unpaired) electrons. The van der Waals surface area contributed by atoms with Crippen LogP contribution in [0.1, 0.15) is 5.56 Å². The molecule has 1 aliphatic heterocycles. The molecule has 0 aromatic heterocycles. The number of rotatable bonds is 3. The summed E-state index contributed by atoms with van der Waals surface area (Å²) in [5, 5.41) is 0. The lowest BCUT2D eigenvalue weighted by Gasteiger charge is -2.10. The fourth-order valence-electron chi connectivity index (χ4n) is 1.56. The Morgan fingerprint density at radius 3 is 2.84 bits per heavy atom. The first-order valence-electron chi connectivity index (χ1n) is 5.35. The molecule has 98 valence electrons. The van der Waals surface area contributed by atoms with Gasteiger partial charge in [0, 0.05) is 12.1 Å². The van der Waals surface area contributed by atoms with E-state index in [0.717, 1.165) is 17.8 Å². The number of hydrogen-bond acceptors (Lipinski definition) is 3. The van der Waals surface area contributed by atoms with E-state index >= 15 is 0 Å². The van der Waals surface area contributed by atoms with E-state index in [-0.39, 0.29) is 16.4 Å². The third kappa shape index (κ3) is 2.74. The summed E-state index contributed by atoms with van der Waals surface area (Å²) in [7, 11) is 0. The van der Waals surface area contributed by atoms with Crippen LogP contribution in [0.15, 0.2) is 35.8 Å². The lowest BCUT2D eigenvalue weighted by molar-refractivity contribution is -0.121. The molecule has 19 heavy (non-hydrogen) atoms. The van der Waals surface area contributed by atoms with Gasteiger partial charge in [-0.3, -0.25) is 9.69 Å². The Kier molecular flexibility index (Phi) is 4.11. The molecule has 1 heterocycles. The molecule has 1 saturated heterocycles. The van der Waals surface area contributed by atoms with Crippen LogP contribution in [0.25, 0.3) is 6.08 Å². The van der Waals surface area contributed by atoms with E-state index in [1.165, 1.54) is 23.1 Å². The van der Waals surface area contributed by atoms with E-state index in [0.29, 0.717) is 10.9 Å². The van der Waals surface area contributed by atoms with Gasteiger partial charge in [-0.05, 0) is 12.1 Å². The summed E-state index contributed by atoms with van der Waals surface area (Å²) in [4.78, 5) is 13.6. The predicted octanol–water partition coefficient (Wildman–Crippen LogP) is 3.35. The molecule has 1 fully saturated rings. The molecule has 0 aliphatic carbocycles. The van der Waals surface area contributed by atoms with Gasteiger partial charge in [0.05, 0.1) is 4.91 Å². The first-order chi connectivity index (χ1) is 9.04. The van der Waals surface area contributed by atoms with Crippen LogP contribution >= 0.6 is 24.0 Å². The molecule has 1 aromatic carbocycles. The minimum atomic E-state index is -0.975. The number of benzene rings is 1. The number of halogens is 2. The molecule has 0 spiro atoms. The van der Waals surface area contributed by atoms with Crippen molar-refractivity contribution in [2.75, 3.05) is 6.54 Å². The highest BCUT2D eigenvalue weighted by molar-refractivity contribution is 8.26. The summed E-state index contributed by atoms with van der Waals surface area (Å²) in [5.41, 5.74) is 0.0269. The van der Waals surface area contributed by atoms with Gasteiger partial charge in [0.25, 0.3) is 5.91 Å². The van der Waals surface area contributed by atoms with Gasteiger partial charge in [-0.15, -0.1) is 6.58 Å². The van der Waals surface area contributed by atoms with Gasteiger partial charge in [-0.1, -0.05) is 42.2 Å². The zero-order chi connectivity index (χ0) is 14.0. The van der Waals surface area contributed by atoms with Gasteiger partial charge >= 0.3 is 0 Å². The monoisotopic (exact) mass is 297 g/mol. The van der Waals surface area contributed by atoms with Crippen LogP contribution in [0.5, 0.6) is 0 Å². The van der Waals surface area contributed by atoms with E-state index < -0.39 is 11.6 Å². The van der Waals surface area contributed by atoms with E-state index in [1.54, 1.807) is 6.08 Å². The zero-order valence-corrected chi connectivity index (χ0v) is 11.4. The van der Waals surface area contributed by atoms with Crippen molar-refractivity contribution in [2.45, 2.75) is 0 Å². The third-order valence-corrected chi connectivity index (χ3v) is 3.83. The Morgan fingerprint density at radius 1 is 1.42 bits per heavy atom. The van der Waals surface area contributed by atoms with E-state index in [1.807, 2.05) is 0 Å². The van der Waals surface area contributed by atoms with Crippen molar-refractivity contribution in [3.05, 3.63) is 53.0 Å². The van der Waals surface area contributed by atoms with Gasteiger partial charge in [-0.2, -0.15) is 0 Å². The lowest BCUT2D eigenvalue weighted by Crippen LogP contribution is -2.27. The molecule has 0 N–H and O–H groups in total. The number of thiocarbonyl (C=S) groups is 1. The van der Waals surface area contributed by atoms with Gasteiger partial charge in [0.2, 0.25) is 0 Å². The molecule has 0 bridgehead atoms. The standard InChI is InChI=1S/C13H9F2NOS2/c1-2-6-16-12(17)10(19-13(16)18)7-8-4-3-5-9(14)11(8)15/h2-5,7H,1,6H2/b10-7-. The van der Waals surface area contributed by atoms with Gasteiger partial charge in [-0.25, -0.2) is 8.78 Å². The van der Waals surface area contributed by atoms with Gasteiger partial charge in [0.1, 0.15) is 4.32 Å². The van der Waals surface area contributed by atoms with Crippen molar-refractivity contribution in [2.24, 2.45) is 0 Å². The highest BCUT2D eigenvalue weighted by Gasteiger charge is 2.31. The molecule has 1 aliphatic rings. The second-order valence-electron chi connectivity index (χ2n) is 3.72. The van der Waals surface area contributed by atoms with Crippen LogP contribution in [0, 0.1) is 11.6 Å². The first kappa shape index (κ1) is 13.9. The Bertz CT molecular complexity index is 598. The van der Waals surface area contributed by atoms with Crippen LogP contribution in [0.2, 0.25) is 0 Å². The quantitative estimate of drug-likeness (QED) is 0.485. The largest absolute Gasteiger partial charge is 0.289 e. The molecule has 6 heteroatoms. The topological polar surface area (TPSA) is 20.3 Å². The van der Waals surface area contributed by atoms with Crippen molar-refractivity contribution in [3.63, 3.8) is 0 Å². The second kappa shape index (κ2) is 5.63. The summed E-state index contributed by atoms with van der Waals surface area (Å²) in [6.45, 7) is 3.84. The highest BCUT2D eigenvalue weighted by Crippen LogP contribution is 2.32. The van der Waals surface area contributed by atoms with Crippen LogP contribution < -0.4 is 0 Å². The van der Waals surface area contributed by atoms with Crippen molar-refractivity contribution < 1.29 is 13.6 Å². The maximum atomic E-state index is 13.5. The second-order valence-corrected chi connectivity index (χ2v) is 5.40. The van der Waals surface area contributed by atoms with Crippen molar-refractivity contribution in [1.82, 2.24) is 4.90 Å². The summed E-state index contributed by atoms with van der Waals surface area (Å²) >= 11 is 6.11. The molecule has 0 saturated carbocycles. The molecular formula is C13H9F2NOS2. The van der Waals surface area contributed by atoms with Crippen LogP contribution in [0.4, 0.5) is 8.78 Å². The maximum Gasteiger partial charge on any atom is 0.266 e. The summed E-state index contributed by atoms with van der Waals surface area (Å²) in [6, 6.07) is 3.81. The van der Waals surface area contributed by atoms with Crippen LogP contribution in [-0.2, 0) is 4.79 Å². The highest BCUT2D eigenvalue weighted by atomic mass is 32.2. The third-order valence-electron chi connectivity index (χ3n) is 2.45. The van der Waals surface area contributed by atoms with Gasteiger partial charge < -0.3 is 0 Å². The number of nitrogens with zero attached hydrogens (tertiary/aromatic N) is 1.